The molecule has 0 aliphatic carbocycles. The highest BCUT2D eigenvalue weighted by atomic mass is 16.4. The maximum atomic E-state index is 13.1. The third-order valence-corrected chi connectivity index (χ3v) is 6.87. The zero-order valence-corrected chi connectivity index (χ0v) is 15.5. The van der Waals surface area contributed by atoms with Gasteiger partial charge in [-0.1, -0.05) is 6.92 Å². The molecule has 3 fully saturated rings. The minimum Gasteiger partial charge on any atom is -0.481 e. The molecular weight excluding hydrogens is 328 g/mol. The van der Waals surface area contributed by atoms with Crippen molar-refractivity contribution in [1.82, 2.24) is 4.90 Å². The van der Waals surface area contributed by atoms with Gasteiger partial charge in [0.1, 0.15) is 0 Å². The van der Waals surface area contributed by atoms with Gasteiger partial charge < -0.3 is 14.9 Å². The Bertz CT molecular complexity index is 696. The second kappa shape index (κ2) is 6.60. The smallest absolute Gasteiger partial charge is 0.311 e. The van der Waals surface area contributed by atoms with Crippen LogP contribution < -0.4 is 4.90 Å². The van der Waals surface area contributed by atoms with Crippen molar-refractivity contribution in [3.63, 3.8) is 0 Å². The van der Waals surface area contributed by atoms with Crippen LogP contribution in [0.1, 0.15) is 62.2 Å². The van der Waals surface area contributed by atoms with Gasteiger partial charge in [-0.15, -0.1) is 0 Å². The van der Waals surface area contributed by atoms with E-state index in [2.05, 4.69) is 4.90 Å². The number of carbonyl (C=O) groups excluding carboxylic acids is 1. The van der Waals surface area contributed by atoms with Crippen molar-refractivity contribution >= 4 is 17.6 Å². The predicted octanol–water partition coefficient (Wildman–Crippen LogP) is 3.53. The molecule has 3 heterocycles. The Kier molecular flexibility index (Phi) is 4.41. The van der Waals surface area contributed by atoms with E-state index in [4.69, 9.17) is 0 Å². The number of anilines is 1. The van der Waals surface area contributed by atoms with Crippen LogP contribution in [0.15, 0.2) is 24.3 Å². The quantitative estimate of drug-likeness (QED) is 0.896. The Morgan fingerprint density at radius 3 is 2.38 bits per heavy atom. The van der Waals surface area contributed by atoms with Crippen molar-refractivity contribution in [2.24, 2.45) is 5.41 Å². The molecule has 0 unspecified atom stereocenters. The summed E-state index contributed by atoms with van der Waals surface area (Å²) < 4.78 is 0. The Hall–Kier alpha value is -2.04. The molecule has 0 radical (unpaired) electrons. The summed E-state index contributed by atoms with van der Waals surface area (Å²) in [5.74, 6) is -0.746. The third kappa shape index (κ3) is 2.60. The molecule has 3 atom stereocenters. The standard InChI is InChI=1S/C21H28N2O3/c1-2-21(20(25)26)14-17-10-11-18(21)23(17)19(24)15-6-8-16(9-7-15)22-12-4-3-5-13-22/h6-9,17-18H,2-5,10-14H2,1H3,(H,25,26)/t17-,18+,21+/m0/s1. The van der Waals surface area contributed by atoms with Crippen molar-refractivity contribution < 1.29 is 14.7 Å². The lowest BCUT2D eigenvalue weighted by Gasteiger charge is -2.32. The van der Waals surface area contributed by atoms with Gasteiger partial charge in [0.2, 0.25) is 0 Å². The van der Waals surface area contributed by atoms with Crippen molar-refractivity contribution in [2.75, 3.05) is 18.0 Å². The number of carbonyl (C=O) groups is 2. The van der Waals surface area contributed by atoms with Crippen molar-refractivity contribution in [2.45, 2.75) is 64.0 Å². The van der Waals surface area contributed by atoms with Gasteiger partial charge in [-0.2, -0.15) is 0 Å². The van der Waals surface area contributed by atoms with Gasteiger partial charge in [0.15, 0.2) is 0 Å². The maximum absolute atomic E-state index is 13.1. The number of nitrogens with zero attached hydrogens (tertiary/aromatic N) is 2. The molecule has 0 spiro atoms. The molecule has 5 heteroatoms. The molecular formula is C21H28N2O3. The Morgan fingerprint density at radius 1 is 1.12 bits per heavy atom. The summed E-state index contributed by atoms with van der Waals surface area (Å²) in [6.45, 7) is 4.10. The van der Waals surface area contributed by atoms with Gasteiger partial charge in [-0.05, 0) is 69.2 Å². The first-order valence-corrected chi connectivity index (χ1v) is 9.98. The van der Waals surface area contributed by atoms with Crippen LogP contribution in [-0.4, -0.2) is 47.1 Å². The lowest BCUT2D eigenvalue weighted by atomic mass is 9.72. The molecule has 0 saturated carbocycles. The first-order chi connectivity index (χ1) is 12.6. The molecule has 140 valence electrons. The lowest BCUT2D eigenvalue weighted by Crippen LogP contribution is -2.44. The largest absolute Gasteiger partial charge is 0.481 e. The van der Waals surface area contributed by atoms with Crippen LogP contribution in [0, 0.1) is 5.41 Å². The summed E-state index contributed by atoms with van der Waals surface area (Å²) in [5.41, 5.74) is 1.10. The number of hydrogen-bond donors (Lipinski definition) is 1. The normalized spacial score (nSPS) is 30.7. The van der Waals surface area contributed by atoms with Gasteiger partial charge in [0.05, 0.1) is 5.41 Å². The van der Waals surface area contributed by atoms with Crippen LogP contribution >= 0.6 is 0 Å². The van der Waals surface area contributed by atoms with E-state index in [9.17, 15) is 14.7 Å². The molecule has 2 bridgehead atoms. The molecule has 1 N–H and O–H groups in total. The number of aliphatic carboxylic acids is 1. The summed E-state index contributed by atoms with van der Waals surface area (Å²) in [6.07, 6.45) is 6.67. The minimum absolute atomic E-state index is 0.000677. The van der Waals surface area contributed by atoms with Crippen LogP contribution in [0.5, 0.6) is 0 Å². The van der Waals surface area contributed by atoms with E-state index < -0.39 is 11.4 Å². The Labute approximate surface area is 155 Å². The van der Waals surface area contributed by atoms with Crippen LogP contribution in [0.3, 0.4) is 0 Å². The van der Waals surface area contributed by atoms with E-state index in [1.54, 1.807) is 0 Å². The molecule has 3 aliphatic rings. The first-order valence-electron chi connectivity index (χ1n) is 9.98. The summed E-state index contributed by atoms with van der Waals surface area (Å²) >= 11 is 0. The zero-order chi connectivity index (χ0) is 18.3. The highest BCUT2D eigenvalue weighted by Crippen LogP contribution is 2.52. The molecule has 5 nitrogen and oxygen atoms in total. The molecule has 3 aliphatic heterocycles. The van der Waals surface area contributed by atoms with Gasteiger partial charge in [-0.3, -0.25) is 9.59 Å². The summed E-state index contributed by atoms with van der Waals surface area (Å²) in [6, 6.07) is 7.83. The van der Waals surface area contributed by atoms with E-state index in [1.165, 1.54) is 24.9 Å². The van der Waals surface area contributed by atoms with E-state index in [0.717, 1.165) is 25.9 Å². The number of fused-ring (bicyclic) bond motifs is 2. The van der Waals surface area contributed by atoms with E-state index >= 15 is 0 Å². The number of amides is 1. The fourth-order valence-electron chi connectivity index (χ4n) is 5.37. The van der Waals surface area contributed by atoms with Crippen molar-refractivity contribution in [3.8, 4) is 0 Å². The number of rotatable bonds is 4. The summed E-state index contributed by atoms with van der Waals surface area (Å²) in [4.78, 5) is 29.3. The fourth-order valence-corrected chi connectivity index (χ4v) is 5.37. The lowest BCUT2D eigenvalue weighted by molar-refractivity contribution is -0.151. The molecule has 1 aromatic carbocycles. The second-order valence-electron chi connectivity index (χ2n) is 8.07. The topological polar surface area (TPSA) is 60.9 Å². The number of hydrogen-bond acceptors (Lipinski definition) is 3. The number of carboxylic acid groups (broad SMARTS) is 1. The number of piperidine rings is 1. The van der Waals surface area contributed by atoms with Crippen LogP contribution in [-0.2, 0) is 4.79 Å². The van der Waals surface area contributed by atoms with Crippen LogP contribution in [0.2, 0.25) is 0 Å². The Balaban J connectivity index is 1.54. The zero-order valence-electron chi connectivity index (χ0n) is 15.5. The number of carboxylic acids is 1. The first kappa shape index (κ1) is 17.4. The van der Waals surface area contributed by atoms with Crippen LogP contribution in [0.25, 0.3) is 0 Å². The highest BCUT2D eigenvalue weighted by Gasteiger charge is 2.60. The Morgan fingerprint density at radius 2 is 1.81 bits per heavy atom. The summed E-state index contributed by atoms with van der Waals surface area (Å²) in [5, 5.41) is 9.79. The molecule has 26 heavy (non-hydrogen) atoms. The molecule has 4 rings (SSSR count). The van der Waals surface area contributed by atoms with Crippen molar-refractivity contribution in [3.05, 3.63) is 29.8 Å². The van der Waals surface area contributed by atoms with Gasteiger partial charge >= 0.3 is 5.97 Å². The fraction of sp³-hybridized carbons (Fsp3) is 0.619. The van der Waals surface area contributed by atoms with Crippen molar-refractivity contribution in [1.29, 1.82) is 0 Å². The van der Waals surface area contributed by atoms with Gasteiger partial charge in [0, 0.05) is 36.4 Å². The minimum atomic E-state index is -0.758. The maximum Gasteiger partial charge on any atom is 0.311 e. The molecule has 1 amide bonds. The van der Waals surface area contributed by atoms with Gasteiger partial charge in [0.25, 0.3) is 5.91 Å². The van der Waals surface area contributed by atoms with E-state index in [-0.39, 0.29) is 18.0 Å². The molecule has 1 aromatic rings. The van der Waals surface area contributed by atoms with Crippen LogP contribution in [0.4, 0.5) is 5.69 Å². The summed E-state index contributed by atoms with van der Waals surface area (Å²) in [7, 11) is 0. The molecule has 3 saturated heterocycles. The van der Waals surface area contributed by atoms with Gasteiger partial charge in [-0.25, -0.2) is 0 Å². The third-order valence-electron chi connectivity index (χ3n) is 6.87. The average Bonchev–Trinajstić information content (AvgIpc) is 3.24. The molecule has 0 aromatic heterocycles. The van der Waals surface area contributed by atoms with E-state index in [1.807, 2.05) is 36.1 Å². The number of benzene rings is 1. The van der Waals surface area contributed by atoms with E-state index in [0.29, 0.717) is 18.4 Å². The second-order valence-corrected chi connectivity index (χ2v) is 8.07. The monoisotopic (exact) mass is 356 g/mol. The average molecular weight is 356 g/mol. The highest BCUT2D eigenvalue weighted by molar-refractivity contribution is 5.96. The SMILES string of the molecule is CC[C@@]1(C(=O)O)C[C@@H]2CC[C@H]1N2C(=O)c1ccc(N2CCCCC2)cc1. The predicted molar refractivity (Wildman–Crippen MR) is 100 cm³/mol.